The Kier molecular flexibility index (Phi) is 5.69. The molecular formula is C19H18Cl2N2O3. The molecule has 0 bridgehead atoms. The Morgan fingerprint density at radius 2 is 1.88 bits per heavy atom. The van der Waals surface area contributed by atoms with Gasteiger partial charge in [-0.05, 0) is 31.2 Å². The topological polar surface area (TPSA) is 58.6 Å². The molecule has 26 heavy (non-hydrogen) atoms. The minimum atomic E-state index is -0.496. The van der Waals surface area contributed by atoms with Gasteiger partial charge in [0.15, 0.2) is 0 Å². The highest BCUT2D eigenvalue weighted by atomic mass is 35.5. The lowest BCUT2D eigenvalue weighted by atomic mass is 10.1. The molecule has 0 aromatic heterocycles. The minimum Gasteiger partial charge on any atom is -0.492 e. The first kappa shape index (κ1) is 18.5. The van der Waals surface area contributed by atoms with Crippen molar-refractivity contribution in [3.05, 3.63) is 52.5 Å². The molecule has 3 rings (SSSR count). The van der Waals surface area contributed by atoms with Crippen LogP contribution in [0.2, 0.25) is 10.0 Å². The summed E-state index contributed by atoms with van der Waals surface area (Å²) in [5.41, 5.74) is 1.03. The Morgan fingerprint density at radius 1 is 1.19 bits per heavy atom. The van der Waals surface area contributed by atoms with Crippen molar-refractivity contribution in [3.8, 4) is 5.75 Å². The van der Waals surface area contributed by atoms with Crippen LogP contribution in [0.3, 0.4) is 0 Å². The van der Waals surface area contributed by atoms with E-state index in [1.165, 1.54) is 4.90 Å². The Labute approximate surface area is 161 Å². The van der Waals surface area contributed by atoms with Gasteiger partial charge in [-0.25, -0.2) is 0 Å². The predicted octanol–water partition coefficient (Wildman–Crippen LogP) is 4.38. The molecule has 1 N–H and O–H groups in total. The molecule has 5 nitrogen and oxygen atoms in total. The average Bonchev–Trinajstić information content (AvgIpc) is 2.98. The number of benzene rings is 2. The van der Waals surface area contributed by atoms with Gasteiger partial charge in [0.05, 0.1) is 33.9 Å². The van der Waals surface area contributed by atoms with Gasteiger partial charge >= 0.3 is 0 Å². The van der Waals surface area contributed by atoms with Crippen LogP contribution in [-0.2, 0) is 9.59 Å². The SMILES string of the molecule is CCOc1ccccc1NC(=O)C1CC(=O)N(c2c(Cl)cccc2Cl)C1. The van der Waals surface area contributed by atoms with Crippen molar-refractivity contribution < 1.29 is 14.3 Å². The number of halogens is 2. The molecular weight excluding hydrogens is 375 g/mol. The quantitative estimate of drug-likeness (QED) is 0.820. The summed E-state index contributed by atoms with van der Waals surface area (Å²) < 4.78 is 5.52. The summed E-state index contributed by atoms with van der Waals surface area (Å²) in [4.78, 5) is 26.5. The Balaban J connectivity index is 1.76. The number of rotatable bonds is 5. The van der Waals surface area contributed by atoms with Crippen molar-refractivity contribution in [3.63, 3.8) is 0 Å². The van der Waals surface area contributed by atoms with Crippen molar-refractivity contribution in [1.29, 1.82) is 0 Å². The summed E-state index contributed by atoms with van der Waals surface area (Å²) in [6.45, 7) is 2.60. The molecule has 1 unspecified atom stereocenters. The molecule has 2 aromatic rings. The molecule has 1 heterocycles. The van der Waals surface area contributed by atoms with Crippen LogP contribution in [-0.4, -0.2) is 25.0 Å². The zero-order chi connectivity index (χ0) is 18.7. The van der Waals surface area contributed by atoms with E-state index in [0.717, 1.165) is 0 Å². The van der Waals surface area contributed by atoms with Crippen LogP contribution in [0, 0.1) is 5.92 Å². The smallest absolute Gasteiger partial charge is 0.229 e. The molecule has 1 atom stereocenters. The van der Waals surface area contributed by atoms with Gasteiger partial charge in [-0.2, -0.15) is 0 Å². The number of ether oxygens (including phenoxy) is 1. The van der Waals surface area contributed by atoms with Gasteiger partial charge in [0.1, 0.15) is 5.75 Å². The van der Waals surface area contributed by atoms with E-state index >= 15 is 0 Å². The fraction of sp³-hybridized carbons (Fsp3) is 0.263. The monoisotopic (exact) mass is 392 g/mol. The van der Waals surface area contributed by atoms with Crippen LogP contribution < -0.4 is 15.0 Å². The number of anilines is 2. The zero-order valence-corrected chi connectivity index (χ0v) is 15.7. The fourth-order valence-corrected chi connectivity index (χ4v) is 3.53. The first-order valence-electron chi connectivity index (χ1n) is 8.28. The summed E-state index contributed by atoms with van der Waals surface area (Å²) in [7, 11) is 0. The lowest BCUT2D eigenvalue weighted by Gasteiger charge is -2.19. The lowest BCUT2D eigenvalue weighted by Crippen LogP contribution is -2.28. The maximum atomic E-state index is 12.7. The van der Waals surface area contributed by atoms with E-state index in [-0.39, 0.29) is 24.8 Å². The third kappa shape index (κ3) is 3.79. The number of carbonyl (C=O) groups is 2. The number of nitrogens with zero attached hydrogens (tertiary/aromatic N) is 1. The first-order valence-corrected chi connectivity index (χ1v) is 9.04. The summed E-state index contributed by atoms with van der Waals surface area (Å²) in [6.07, 6.45) is 0.101. The summed E-state index contributed by atoms with van der Waals surface area (Å²) in [6, 6.07) is 12.2. The number of para-hydroxylation sites is 3. The number of hydrogen-bond acceptors (Lipinski definition) is 3. The molecule has 2 aromatic carbocycles. The summed E-state index contributed by atoms with van der Waals surface area (Å²) >= 11 is 12.4. The van der Waals surface area contributed by atoms with Gasteiger partial charge in [-0.15, -0.1) is 0 Å². The molecule has 1 aliphatic heterocycles. The van der Waals surface area contributed by atoms with Crippen molar-refractivity contribution in [2.45, 2.75) is 13.3 Å². The van der Waals surface area contributed by atoms with E-state index in [4.69, 9.17) is 27.9 Å². The zero-order valence-electron chi connectivity index (χ0n) is 14.2. The molecule has 0 saturated carbocycles. The number of hydrogen-bond donors (Lipinski definition) is 1. The van der Waals surface area contributed by atoms with Crippen LogP contribution in [0.15, 0.2) is 42.5 Å². The molecule has 1 saturated heterocycles. The highest BCUT2D eigenvalue weighted by molar-refractivity contribution is 6.40. The fourth-order valence-electron chi connectivity index (χ4n) is 2.93. The van der Waals surface area contributed by atoms with E-state index in [2.05, 4.69) is 5.32 Å². The van der Waals surface area contributed by atoms with E-state index < -0.39 is 5.92 Å². The largest absolute Gasteiger partial charge is 0.492 e. The van der Waals surface area contributed by atoms with Gasteiger partial charge in [-0.1, -0.05) is 41.4 Å². The Morgan fingerprint density at radius 3 is 2.58 bits per heavy atom. The van der Waals surface area contributed by atoms with Crippen LogP contribution in [0.25, 0.3) is 0 Å². The number of amides is 2. The van der Waals surface area contributed by atoms with E-state index in [9.17, 15) is 9.59 Å². The van der Waals surface area contributed by atoms with E-state index in [0.29, 0.717) is 33.8 Å². The van der Waals surface area contributed by atoms with E-state index in [1.54, 1.807) is 30.3 Å². The van der Waals surface area contributed by atoms with E-state index in [1.807, 2.05) is 19.1 Å². The van der Waals surface area contributed by atoms with Gasteiger partial charge in [0, 0.05) is 13.0 Å². The second-order valence-electron chi connectivity index (χ2n) is 5.89. The maximum absolute atomic E-state index is 12.7. The van der Waals surface area contributed by atoms with Crippen molar-refractivity contribution in [2.24, 2.45) is 5.92 Å². The summed E-state index contributed by atoms with van der Waals surface area (Å²) in [5, 5.41) is 3.62. The molecule has 0 spiro atoms. The van der Waals surface area contributed by atoms with Crippen LogP contribution in [0.5, 0.6) is 5.75 Å². The van der Waals surface area contributed by atoms with Crippen molar-refractivity contribution in [2.75, 3.05) is 23.4 Å². The molecule has 7 heteroatoms. The molecule has 136 valence electrons. The average molecular weight is 393 g/mol. The van der Waals surface area contributed by atoms with Crippen LogP contribution in [0.4, 0.5) is 11.4 Å². The Hall–Kier alpha value is -2.24. The molecule has 1 aliphatic rings. The third-order valence-corrected chi connectivity index (χ3v) is 4.76. The third-order valence-electron chi connectivity index (χ3n) is 4.15. The number of carbonyl (C=O) groups excluding carboxylic acids is 2. The predicted molar refractivity (Wildman–Crippen MR) is 103 cm³/mol. The van der Waals surface area contributed by atoms with Gasteiger partial charge in [0.25, 0.3) is 0 Å². The van der Waals surface area contributed by atoms with Gasteiger partial charge in [-0.3, -0.25) is 9.59 Å². The molecule has 0 radical (unpaired) electrons. The molecule has 1 fully saturated rings. The van der Waals surface area contributed by atoms with Gasteiger partial charge in [0.2, 0.25) is 11.8 Å². The minimum absolute atomic E-state index is 0.101. The molecule has 2 amide bonds. The summed E-state index contributed by atoms with van der Waals surface area (Å²) in [5.74, 6) is -0.322. The number of nitrogens with one attached hydrogen (secondary N) is 1. The first-order chi connectivity index (χ1) is 12.5. The maximum Gasteiger partial charge on any atom is 0.229 e. The van der Waals surface area contributed by atoms with Crippen LogP contribution in [0.1, 0.15) is 13.3 Å². The van der Waals surface area contributed by atoms with Crippen molar-refractivity contribution >= 4 is 46.4 Å². The highest BCUT2D eigenvalue weighted by Gasteiger charge is 2.37. The van der Waals surface area contributed by atoms with Crippen molar-refractivity contribution in [1.82, 2.24) is 0 Å². The van der Waals surface area contributed by atoms with Crippen LogP contribution >= 0.6 is 23.2 Å². The highest BCUT2D eigenvalue weighted by Crippen LogP contribution is 2.37. The second kappa shape index (κ2) is 7.98. The second-order valence-corrected chi connectivity index (χ2v) is 6.71. The molecule has 0 aliphatic carbocycles. The normalized spacial score (nSPS) is 16.7. The Bertz CT molecular complexity index is 821. The van der Waals surface area contributed by atoms with Gasteiger partial charge < -0.3 is 15.0 Å². The standard InChI is InChI=1S/C19H18Cl2N2O3/c1-2-26-16-9-4-3-8-15(16)22-19(25)12-10-17(24)23(11-12)18-13(20)6-5-7-14(18)21/h3-9,12H,2,10-11H2,1H3,(H,22,25). The lowest BCUT2D eigenvalue weighted by molar-refractivity contribution is -0.122.